The number of ether oxygens (including phenoxy) is 1. The van der Waals surface area contributed by atoms with Gasteiger partial charge in [-0.25, -0.2) is 4.98 Å². The van der Waals surface area contributed by atoms with Crippen molar-refractivity contribution in [1.82, 2.24) is 4.98 Å². The van der Waals surface area contributed by atoms with Gasteiger partial charge in [-0.2, -0.15) is 0 Å². The van der Waals surface area contributed by atoms with Crippen LogP contribution in [0, 0.1) is 0 Å². The van der Waals surface area contributed by atoms with Crippen molar-refractivity contribution in [3.05, 3.63) is 23.4 Å². The fourth-order valence-electron chi connectivity index (χ4n) is 1.47. The molecule has 0 saturated carbocycles. The Hall–Kier alpha value is -1.09. The molecule has 0 bridgehead atoms. The van der Waals surface area contributed by atoms with Crippen molar-refractivity contribution in [3.63, 3.8) is 0 Å². The summed E-state index contributed by atoms with van der Waals surface area (Å²) in [4.78, 5) is 4.39. The quantitative estimate of drug-likeness (QED) is 0.684. The number of pyridine rings is 1. The first-order chi connectivity index (χ1) is 6.57. The highest BCUT2D eigenvalue weighted by molar-refractivity contribution is 5.47. The van der Waals surface area contributed by atoms with E-state index in [1.165, 1.54) is 5.56 Å². The first-order valence-electron chi connectivity index (χ1n) is 4.88. The summed E-state index contributed by atoms with van der Waals surface area (Å²) in [5.74, 6) is 0.962. The number of nitrogens with one attached hydrogen (secondary N) is 1. The molecule has 1 aromatic heterocycles. The van der Waals surface area contributed by atoms with Crippen LogP contribution in [0.5, 0.6) is 0 Å². The molecule has 3 nitrogen and oxygen atoms in total. The number of fused-ring (bicyclic) bond motifs is 1. The SMILES string of the molecule is CC(C)(C)c1cnc2c(c1)COCN2. The molecule has 2 rings (SSSR count). The lowest BCUT2D eigenvalue weighted by Crippen LogP contribution is -2.18. The van der Waals surface area contributed by atoms with Crippen LogP contribution in [-0.4, -0.2) is 11.7 Å². The van der Waals surface area contributed by atoms with Gasteiger partial charge in [-0.1, -0.05) is 20.8 Å². The highest BCUT2D eigenvalue weighted by Gasteiger charge is 2.17. The Morgan fingerprint density at radius 3 is 2.93 bits per heavy atom. The van der Waals surface area contributed by atoms with Crippen molar-refractivity contribution >= 4 is 5.82 Å². The van der Waals surface area contributed by atoms with E-state index in [0.717, 1.165) is 11.4 Å². The molecule has 0 amide bonds. The number of hydrogen-bond donors (Lipinski definition) is 1. The van der Waals surface area contributed by atoms with Crippen LogP contribution in [0.1, 0.15) is 31.9 Å². The number of anilines is 1. The summed E-state index contributed by atoms with van der Waals surface area (Å²) in [5.41, 5.74) is 2.56. The van der Waals surface area contributed by atoms with Crippen molar-refractivity contribution in [2.45, 2.75) is 32.8 Å². The molecular formula is C11H16N2O. The zero-order valence-electron chi connectivity index (χ0n) is 8.92. The molecule has 0 fully saturated rings. The lowest BCUT2D eigenvalue weighted by atomic mass is 9.87. The summed E-state index contributed by atoms with van der Waals surface area (Å²) in [6.45, 7) is 7.79. The van der Waals surface area contributed by atoms with E-state index >= 15 is 0 Å². The van der Waals surface area contributed by atoms with E-state index in [4.69, 9.17) is 4.74 Å². The van der Waals surface area contributed by atoms with Crippen LogP contribution in [0.3, 0.4) is 0 Å². The van der Waals surface area contributed by atoms with Gasteiger partial charge in [0.25, 0.3) is 0 Å². The third-order valence-electron chi connectivity index (χ3n) is 2.43. The predicted molar refractivity (Wildman–Crippen MR) is 56.2 cm³/mol. The fourth-order valence-corrected chi connectivity index (χ4v) is 1.47. The van der Waals surface area contributed by atoms with Gasteiger partial charge in [0, 0.05) is 11.8 Å². The van der Waals surface area contributed by atoms with Crippen molar-refractivity contribution in [2.75, 3.05) is 12.0 Å². The van der Waals surface area contributed by atoms with Crippen molar-refractivity contribution < 1.29 is 4.74 Å². The van der Waals surface area contributed by atoms with Gasteiger partial charge < -0.3 is 10.1 Å². The van der Waals surface area contributed by atoms with E-state index in [-0.39, 0.29) is 5.41 Å². The minimum atomic E-state index is 0.152. The summed E-state index contributed by atoms with van der Waals surface area (Å²) in [5, 5.41) is 3.11. The predicted octanol–water partition coefficient (Wildman–Crippen LogP) is 2.28. The number of aromatic nitrogens is 1. The molecule has 14 heavy (non-hydrogen) atoms. The molecule has 0 aromatic carbocycles. The molecule has 0 aliphatic carbocycles. The van der Waals surface area contributed by atoms with Crippen LogP contribution in [0.2, 0.25) is 0 Å². The highest BCUT2D eigenvalue weighted by atomic mass is 16.5. The molecule has 1 N–H and O–H groups in total. The molecule has 0 saturated heterocycles. The maximum Gasteiger partial charge on any atom is 0.133 e. The number of nitrogens with zero attached hydrogens (tertiary/aromatic N) is 1. The van der Waals surface area contributed by atoms with Crippen molar-refractivity contribution in [1.29, 1.82) is 0 Å². The van der Waals surface area contributed by atoms with Gasteiger partial charge in [-0.3, -0.25) is 0 Å². The van der Waals surface area contributed by atoms with E-state index in [9.17, 15) is 0 Å². The molecule has 0 atom stereocenters. The van der Waals surface area contributed by atoms with Gasteiger partial charge in [0.2, 0.25) is 0 Å². The zero-order chi connectivity index (χ0) is 10.2. The molecule has 76 valence electrons. The summed E-state index contributed by atoms with van der Waals surface area (Å²) in [7, 11) is 0. The molecule has 0 radical (unpaired) electrons. The minimum Gasteiger partial charge on any atom is -0.356 e. The molecule has 1 aliphatic rings. The second-order valence-corrected chi connectivity index (χ2v) is 4.65. The smallest absolute Gasteiger partial charge is 0.133 e. The Morgan fingerprint density at radius 2 is 2.21 bits per heavy atom. The maximum atomic E-state index is 5.31. The van der Waals surface area contributed by atoms with E-state index in [0.29, 0.717) is 13.3 Å². The van der Waals surface area contributed by atoms with Crippen molar-refractivity contribution in [2.24, 2.45) is 0 Å². The highest BCUT2D eigenvalue weighted by Crippen LogP contribution is 2.26. The average molecular weight is 192 g/mol. The third kappa shape index (κ3) is 1.73. The van der Waals surface area contributed by atoms with Gasteiger partial charge in [-0.15, -0.1) is 0 Å². The summed E-state index contributed by atoms with van der Waals surface area (Å²) < 4.78 is 5.31. The first kappa shape index (κ1) is 9.46. The lowest BCUT2D eigenvalue weighted by molar-refractivity contribution is 0.129. The number of hydrogen-bond acceptors (Lipinski definition) is 3. The van der Waals surface area contributed by atoms with E-state index in [1.807, 2.05) is 6.20 Å². The Balaban J connectivity index is 2.39. The molecule has 1 aromatic rings. The molecule has 2 heterocycles. The Labute approximate surface area is 84.5 Å². The third-order valence-corrected chi connectivity index (χ3v) is 2.43. The van der Waals surface area contributed by atoms with Gasteiger partial charge in [0.15, 0.2) is 0 Å². The van der Waals surface area contributed by atoms with E-state index in [1.54, 1.807) is 0 Å². The van der Waals surface area contributed by atoms with Crippen LogP contribution in [-0.2, 0) is 16.8 Å². The fraction of sp³-hybridized carbons (Fsp3) is 0.545. The van der Waals surface area contributed by atoms with Gasteiger partial charge >= 0.3 is 0 Å². The average Bonchev–Trinajstić information content (AvgIpc) is 2.16. The van der Waals surface area contributed by atoms with Gasteiger partial charge in [-0.05, 0) is 17.0 Å². The Bertz CT molecular complexity index is 342. The monoisotopic (exact) mass is 192 g/mol. The normalized spacial score (nSPS) is 15.9. The number of rotatable bonds is 0. The standard InChI is InChI=1S/C11H16N2O/c1-11(2,3)9-4-8-6-14-7-13-10(8)12-5-9/h4-5H,6-7H2,1-3H3,(H,12,13). The van der Waals surface area contributed by atoms with Crippen LogP contribution in [0.4, 0.5) is 5.82 Å². The maximum absolute atomic E-state index is 5.31. The largest absolute Gasteiger partial charge is 0.356 e. The molecule has 0 spiro atoms. The second kappa shape index (κ2) is 3.24. The molecule has 3 heteroatoms. The summed E-state index contributed by atoms with van der Waals surface area (Å²) in [6.07, 6.45) is 1.94. The van der Waals surface area contributed by atoms with Crippen LogP contribution >= 0.6 is 0 Å². The topological polar surface area (TPSA) is 34.1 Å². The van der Waals surface area contributed by atoms with Crippen LogP contribution < -0.4 is 5.32 Å². The summed E-state index contributed by atoms with van der Waals surface area (Å²) >= 11 is 0. The second-order valence-electron chi connectivity index (χ2n) is 4.65. The van der Waals surface area contributed by atoms with Gasteiger partial charge in [0.05, 0.1) is 6.61 Å². The van der Waals surface area contributed by atoms with E-state index in [2.05, 4.69) is 37.1 Å². The Morgan fingerprint density at radius 1 is 1.43 bits per heavy atom. The lowest BCUT2D eigenvalue weighted by Gasteiger charge is -2.23. The van der Waals surface area contributed by atoms with Crippen LogP contribution in [0.25, 0.3) is 0 Å². The molecular weight excluding hydrogens is 176 g/mol. The minimum absolute atomic E-state index is 0.152. The van der Waals surface area contributed by atoms with Crippen molar-refractivity contribution in [3.8, 4) is 0 Å². The molecule has 1 aliphatic heterocycles. The van der Waals surface area contributed by atoms with E-state index < -0.39 is 0 Å². The molecule has 0 unspecified atom stereocenters. The zero-order valence-corrected chi connectivity index (χ0v) is 8.92. The van der Waals surface area contributed by atoms with Crippen LogP contribution in [0.15, 0.2) is 12.3 Å². The Kier molecular flexibility index (Phi) is 2.19. The summed E-state index contributed by atoms with van der Waals surface area (Å²) in [6, 6.07) is 2.18. The van der Waals surface area contributed by atoms with Gasteiger partial charge in [0.1, 0.15) is 12.5 Å². The first-order valence-corrected chi connectivity index (χ1v) is 4.88.